The third-order valence-electron chi connectivity index (χ3n) is 0.892. The standard InChI is InChI=1S/C7H5O.Fe/c8-6-7-4-2-1-3-5-7;/h1-5H;/q-1;. The first-order valence-corrected chi connectivity index (χ1v) is 2.36. The molecule has 1 aromatic rings. The molecule has 0 saturated carbocycles. The van der Waals surface area contributed by atoms with Gasteiger partial charge in [-0.3, -0.25) is 0 Å². The molecule has 1 aromatic carbocycles. The number of carbonyl (C=O) groups excluding carboxylic acids is 1. The van der Waals surface area contributed by atoms with Gasteiger partial charge in [0.1, 0.15) is 0 Å². The molecule has 0 bridgehead atoms. The minimum absolute atomic E-state index is 0. The van der Waals surface area contributed by atoms with Gasteiger partial charge < -0.3 is 4.79 Å². The zero-order valence-corrected chi connectivity index (χ0v) is 5.75. The van der Waals surface area contributed by atoms with Crippen molar-refractivity contribution < 1.29 is 21.9 Å². The fraction of sp³-hybridized carbons (Fsp3) is 0. The Labute approximate surface area is 64.6 Å². The molecule has 0 atom stereocenters. The van der Waals surface area contributed by atoms with Crippen molar-refractivity contribution in [3.05, 3.63) is 35.9 Å². The maximum Gasteiger partial charge on any atom is 0.0627 e. The molecule has 0 saturated heterocycles. The number of rotatable bonds is 1. The SMILES string of the molecule is O=[C-]c1ccccc1.[Fe]. The molecule has 1 rings (SSSR count). The Hall–Kier alpha value is -0.591. The van der Waals surface area contributed by atoms with Crippen LogP contribution in [0.2, 0.25) is 0 Å². The van der Waals surface area contributed by atoms with Crippen LogP contribution in [-0.4, -0.2) is 6.29 Å². The van der Waals surface area contributed by atoms with Gasteiger partial charge in [-0.1, -0.05) is 6.07 Å². The van der Waals surface area contributed by atoms with Gasteiger partial charge in [-0.15, -0.1) is 12.1 Å². The summed E-state index contributed by atoms with van der Waals surface area (Å²) in [6.07, 6.45) is 1.78. The van der Waals surface area contributed by atoms with Gasteiger partial charge in [0.25, 0.3) is 0 Å². The van der Waals surface area contributed by atoms with E-state index in [9.17, 15) is 4.79 Å². The average Bonchev–Trinajstić information content (AvgIpc) is 1.90. The van der Waals surface area contributed by atoms with Crippen LogP contribution in [0, 0.1) is 0 Å². The quantitative estimate of drug-likeness (QED) is 0.445. The summed E-state index contributed by atoms with van der Waals surface area (Å²) in [5.74, 6) is 0. The van der Waals surface area contributed by atoms with E-state index in [2.05, 4.69) is 0 Å². The average molecular weight is 161 g/mol. The summed E-state index contributed by atoms with van der Waals surface area (Å²) >= 11 is 0. The smallest absolute Gasteiger partial charge is 0.0627 e. The minimum Gasteiger partial charge on any atom is -0.376 e. The molecule has 0 N–H and O–H groups in total. The summed E-state index contributed by atoms with van der Waals surface area (Å²) in [7, 11) is 0. The minimum atomic E-state index is 0. The Bertz CT molecular complexity index is 172. The predicted octanol–water partition coefficient (Wildman–Crippen LogP) is 1.14. The van der Waals surface area contributed by atoms with Crippen LogP contribution in [0.5, 0.6) is 0 Å². The van der Waals surface area contributed by atoms with Crippen molar-refractivity contribution >= 4 is 6.29 Å². The van der Waals surface area contributed by atoms with Crippen molar-refractivity contribution in [1.29, 1.82) is 0 Å². The van der Waals surface area contributed by atoms with Crippen LogP contribution in [0.15, 0.2) is 30.3 Å². The molecule has 0 unspecified atom stereocenters. The Morgan fingerprint density at radius 3 is 2.00 bits per heavy atom. The van der Waals surface area contributed by atoms with Crippen LogP contribution >= 0.6 is 0 Å². The van der Waals surface area contributed by atoms with E-state index in [1.165, 1.54) is 0 Å². The molecule has 0 aliphatic heterocycles. The van der Waals surface area contributed by atoms with Crippen molar-refractivity contribution in [2.24, 2.45) is 0 Å². The molecule has 0 fully saturated rings. The summed E-state index contributed by atoms with van der Waals surface area (Å²) in [4.78, 5) is 9.88. The number of hydrogen-bond acceptors (Lipinski definition) is 1. The van der Waals surface area contributed by atoms with E-state index in [4.69, 9.17) is 0 Å². The summed E-state index contributed by atoms with van der Waals surface area (Å²) in [5.41, 5.74) is 0.604. The molecule has 2 heteroatoms. The second-order valence-electron chi connectivity index (χ2n) is 1.47. The van der Waals surface area contributed by atoms with Crippen molar-refractivity contribution in [2.75, 3.05) is 0 Å². The van der Waals surface area contributed by atoms with Crippen molar-refractivity contribution in [3.8, 4) is 0 Å². The second kappa shape index (κ2) is 4.30. The third kappa shape index (κ3) is 2.45. The number of hydrogen-bond donors (Lipinski definition) is 0. The van der Waals surface area contributed by atoms with Gasteiger partial charge in [-0.25, -0.2) is 0 Å². The number of benzene rings is 1. The van der Waals surface area contributed by atoms with Crippen LogP contribution < -0.4 is 0 Å². The molecule has 1 nitrogen and oxygen atoms in total. The molecular weight excluding hydrogens is 156 g/mol. The van der Waals surface area contributed by atoms with Crippen LogP contribution in [0.1, 0.15) is 5.56 Å². The van der Waals surface area contributed by atoms with E-state index in [1.54, 1.807) is 30.6 Å². The van der Waals surface area contributed by atoms with E-state index in [-0.39, 0.29) is 17.1 Å². The zero-order valence-electron chi connectivity index (χ0n) is 4.65. The second-order valence-corrected chi connectivity index (χ2v) is 1.47. The Balaban J connectivity index is 0.000000640. The van der Waals surface area contributed by atoms with E-state index < -0.39 is 0 Å². The van der Waals surface area contributed by atoms with Gasteiger partial charge in [0.15, 0.2) is 0 Å². The maximum absolute atomic E-state index is 9.88. The van der Waals surface area contributed by atoms with Gasteiger partial charge in [-0.2, -0.15) is 17.7 Å². The molecule has 0 aliphatic carbocycles. The van der Waals surface area contributed by atoms with Crippen LogP contribution in [0.25, 0.3) is 0 Å². The van der Waals surface area contributed by atoms with Gasteiger partial charge in [0.2, 0.25) is 0 Å². The predicted molar refractivity (Wildman–Crippen MR) is 31.2 cm³/mol. The Morgan fingerprint density at radius 1 is 1.11 bits per heavy atom. The Morgan fingerprint density at radius 2 is 1.67 bits per heavy atom. The van der Waals surface area contributed by atoms with Crippen LogP contribution in [-0.2, 0) is 21.9 Å². The summed E-state index contributed by atoms with van der Waals surface area (Å²) in [6.45, 7) is 0. The van der Waals surface area contributed by atoms with Crippen LogP contribution in [0.4, 0.5) is 0 Å². The van der Waals surface area contributed by atoms with E-state index >= 15 is 0 Å². The normalized spacial score (nSPS) is 7.56. The van der Waals surface area contributed by atoms with Crippen molar-refractivity contribution in [1.82, 2.24) is 0 Å². The van der Waals surface area contributed by atoms with Gasteiger partial charge in [0.05, 0.1) is 6.29 Å². The van der Waals surface area contributed by atoms with Gasteiger partial charge >= 0.3 is 0 Å². The summed E-state index contributed by atoms with van der Waals surface area (Å²) < 4.78 is 0. The first-order valence-electron chi connectivity index (χ1n) is 2.36. The first kappa shape index (κ1) is 8.41. The van der Waals surface area contributed by atoms with Gasteiger partial charge in [0, 0.05) is 17.1 Å². The molecule has 0 heterocycles. The largest absolute Gasteiger partial charge is 0.376 e. The van der Waals surface area contributed by atoms with Crippen LogP contribution in [0.3, 0.4) is 0 Å². The Kier molecular flexibility index (Phi) is 4.02. The molecule has 9 heavy (non-hydrogen) atoms. The summed E-state index contributed by atoms with van der Waals surface area (Å²) in [5, 5.41) is 0. The summed E-state index contributed by atoms with van der Waals surface area (Å²) in [6, 6.07) is 8.90. The van der Waals surface area contributed by atoms with Gasteiger partial charge in [-0.05, 0) is 0 Å². The first-order chi connectivity index (χ1) is 3.93. The topological polar surface area (TPSA) is 17.1 Å². The molecule has 0 aromatic heterocycles. The molecule has 48 valence electrons. The third-order valence-corrected chi connectivity index (χ3v) is 0.892. The fourth-order valence-corrected chi connectivity index (χ4v) is 0.506. The van der Waals surface area contributed by atoms with E-state index in [0.717, 1.165) is 0 Å². The van der Waals surface area contributed by atoms with E-state index in [1.807, 2.05) is 6.07 Å². The fourth-order valence-electron chi connectivity index (χ4n) is 0.506. The molecule has 0 radical (unpaired) electrons. The molecule has 0 aliphatic rings. The zero-order chi connectivity index (χ0) is 5.82. The van der Waals surface area contributed by atoms with Crippen molar-refractivity contribution in [3.63, 3.8) is 0 Å². The molecule has 0 amide bonds. The molecule has 0 spiro atoms. The molecular formula is C7H5FeO-. The van der Waals surface area contributed by atoms with E-state index in [0.29, 0.717) is 5.56 Å². The maximum atomic E-state index is 9.88. The van der Waals surface area contributed by atoms with Crippen molar-refractivity contribution in [2.45, 2.75) is 0 Å². The monoisotopic (exact) mass is 161 g/mol.